The number of halogens is 1. The summed E-state index contributed by atoms with van der Waals surface area (Å²) >= 11 is 3.34. The molecular formula is C17H14BrN3O4. The number of methoxy groups -OCH3 is 2. The first-order valence-electron chi connectivity index (χ1n) is 7.24. The molecule has 0 fully saturated rings. The lowest BCUT2D eigenvalue weighted by Crippen LogP contribution is -2.33. The molecule has 0 atom stereocenters. The number of aromatic nitrogens is 2. The molecule has 0 aliphatic heterocycles. The molecule has 8 heteroatoms. The Bertz CT molecular complexity index is 991. The Morgan fingerprint density at radius 1 is 1.16 bits per heavy atom. The number of amides is 1. The van der Waals surface area contributed by atoms with Gasteiger partial charge in [-0.25, -0.2) is 9.66 Å². The first-order valence-corrected chi connectivity index (χ1v) is 8.03. The summed E-state index contributed by atoms with van der Waals surface area (Å²) in [6, 6.07) is 10.00. The smallest absolute Gasteiger partial charge is 0.280 e. The van der Waals surface area contributed by atoms with Crippen LogP contribution in [0.2, 0.25) is 0 Å². The molecule has 1 heterocycles. The van der Waals surface area contributed by atoms with Gasteiger partial charge in [-0.15, -0.1) is 0 Å². The molecule has 1 amide bonds. The Morgan fingerprint density at radius 2 is 1.80 bits per heavy atom. The van der Waals surface area contributed by atoms with Crippen LogP contribution in [0.5, 0.6) is 11.5 Å². The lowest BCUT2D eigenvalue weighted by atomic mass is 10.2. The molecule has 25 heavy (non-hydrogen) atoms. The van der Waals surface area contributed by atoms with Crippen LogP contribution in [0.25, 0.3) is 10.9 Å². The number of hydrogen-bond donors (Lipinski definition) is 1. The average Bonchev–Trinajstić information content (AvgIpc) is 2.64. The van der Waals surface area contributed by atoms with Gasteiger partial charge < -0.3 is 9.47 Å². The van der Waals surface area contributed by atoms with Gasteiger partial charge >= 0.3 is 0 Å². The summed E-state index contributed by atoms with van der Waals surface area (Å²) in [5.74, 6) is 0.380. The van der Waals surface area contributed by atoms with Gasteiger partial charge in [0.05, 0.1) is 25.1 Å². The van der Waals surface area contributed by atoms with E-state index in [1.54, 1.807) is 36.4 Å². The normalized spacial score (nSPS) is 10.5. The van der Waals surface area contributed by atoms with Crippen LogP contribution >= 0.6 is 15.9 Å². The van der Waals surface area contributed by atoms with Crippen molar-refractivity contribution in [3.05, 3.63) is 63.1 Å². The summed E-state index contributed by atoms with van der Waals surface area (Å²) in [5.41, 5.74) is 2.99. The lowest BCUT2D eigenvalue weighted by Gasteiger charge is -2.12. The van der Waals surface area contributed by atoms with Crippen LogP contribution in [-0.2, 0) is 0 Å². The number of para-hydroxylation sites is 1. The minimum absolute atomic E-state index is 0.275. The number of ether oxygens (including phenoxy) is 2. The van der Waals surface area contributed by atoms with Gasteiger partial charge in [0.2, 0.25) is 0 Å². The first kappa shape index (κ1) is 17.0. The summed E-state index contributed by atoms with van der Waals surface area (Å²) in [6.07, 6.45) is 1.27. The fourth-order valence-corrected chi connectivity index (χ4v) is 2.88. The highest BCUT2D eigenvalue weighted by Crippen LogP contribution is 2.35. The van der Waals surface area contributed by atoms with E-state index in [2.05, 4.69) is 26.3 Å². The van der Waals surface area contributed by atoms with Crippen molar-refractivity contribution in [2.75, 3.05) is 19.6 Å². The Kier molecular flexibility index (Phi) is 4.71. The van der Waals surface area contributed by atoms with Gasteiger partial charge in [0, 0.05) is 5.56 Å². The van der Waals surface area contributed by atoms with E-state index in [0.717, 1.165) is 4.68 Å². The second-order valence-electron chi connectivity index (χ2n) is 5.07. The molecule has 1 N–H and O–H groups in total. The van der Waals surface area contributed by atoms with E-state index >= 15 is 0 Å². The molecule has 0 radical (unpaired) electrons. The van der Waals surface area contributed by atoms with E-state index in [9.17, 15) is 9.59 Å². The van der Waals surface area contributed by atoms with Crippen LogP contribution in [0.15, 0.2) is 52.0 Å². The van der Waals surface area contributed by atoms with Gasteiger partial charge in [0.1, 0.15) is 22.3 Å². The van der Waals surface area contributed by atoms with Crippen molar-refractivity contribution in [2.45, 2.75) is 0 Å². The predicted octanol–water partition coefficient (Wildman–Crippen LogP) is 2.56. The Balaban J connectivity index is 1.98. The number of rotatable bonds is 4. The molecule has 1 aromatic heterocycles. The fraction of sp³-hybridized carbons (Fsp3) is 0.118. The molecule has 0 saturated heterocycles. The number of nitrogens with one attached hydrogen (secondary N) is 1. The van der Waals surface area contributed by atoms with Crippen molar-refractivity contribution in [2.24, 2.45) is 0 Å². The molecule has 3 aromatic rings. The Labute approximate surface area is 151 Å². The SMILES string of the molecule is COc1cc(C(=O)Nn2cnc3ccccc3c2=O)cc(OC)c1Br. The standard InChI is InChI=1S/C17H14BrN3O4/c1-24-13-7-10(8-14(25-2)15(13)18)16(22)20-21-9-19-12-6-4-3-5-11(12)17(21)23/h3-9H,1-2H3,(H,20,22). The third-order valence-corrected chi connectivity index (χ3v) is 4.38. The highest BCUT2D eigenvalue weighted by atomic mass is 79.9. The number of benzene rings is 2. The number of carbonyl (C=O) groups is 1. The zero-order chi connectivity index (χ0) is 18.0. The Morgan fingerprint density at radius 3 is 2.44 bits per heavy atom. The van der Waals surface area contributed by atoms with Gasteiger partial charge in [-0.05, 0) is 40.2 Å². The van der Waals surface area contributed by atoms with Gasteiger partial charge in [0.15, 0.2) is 0 Å². The second kappa shape index (κ2) is 6.94. The minimum Gasteiger partial charge on any atom is -0.495 e. The molecule has 128 valence electrons. The molecule has 0 unspecified atom stereocenters. The second-order valence-corrected chi connectivity index (χ2v) is 5.87. The summed E-state index contributed by atoms with van der Waals surface area (Å²) in [5, 5.41) is 0.413. The predicted molar refractivity (Wildman–Crippen MR) is 96.9 cm³/mol. The maximum atomic E-state index is 12.5. The van der Waals surface area contributed by atoms with Crippen LogP contribution in [0.3, 0.4) is 0 Å². The van der Waals surface area contributed by atoms with Crippen molar-refractivity contribution in [1.82, 2.24) is 9.66 Å². The minimum atomic E-state index is -0.497. The zero-order valence-corrected chi connectivity index (χ0v) is 15.0. The Hall–Kier alpha value is -2.87. The van der Waals surface area contributed by atoms with E-state index in [0.29, 0.717) is 26.9 Å². The van der Waals surface area contributed by atoms with Crippen LogP contribution in [0.4, 0.5) is 0 Å². The summed E-state index contributed by atoms with van der Waals surface area (Å²) in [6.45, 7) is 0. The van der Waals surface area contributed by atoms with Crippen molar-refractivity contribution >= 4 is 32.7 Å². The highest BCUT2D eigenvalue weighted by molar-refractivity contribution is 9.10. The molecule has 0 saturated carbocycles. The molecule has 0 aliphatic rings. The maximum absolute atomic E-state index is 12.5. The van der Waals surface area contributed by atoms with Gasteiger partial charge in [0.25, 0.3) is 11.5 Å². The molecule has 0 spiro atoms. The summed E-state index contributed by atoms with van der Waals surface area (Å²) < 4.78 is 12.1. The first-order chi connectivity index (χ1) is 12.0. The van der Waals surface area contributed by atoms with Crippen LogP contribution in [0.1, 0.15) is 10.4 Å². The molecule has 3 rings (SSSR count). The molecule has 7 nitrogen and oxygen atoms in total. The monoisotopic (exact) mass is 403 g/mol. The van der Waals surface area contributed by atoms with Gasteiger partial charge in [-0.2, -0.15) is 0 Å². The third kappa shape index (κ3) is 3.20. The number of fused-ring (bicyclic) bond motifs is 1. The van der Waals surface area contributed by atoms with Crippen molar-refractivity contribution in [3.63, 3.8) is 0 Å². The van der Waals surface area contributed by atoms with E-state index in [1.807, 2.05) is 0 Å². The van der Waals surface area contributed by atoms with Gasteiger partial charge in [-0.3, -0.25) is 15.0 Å². The highest BCUT2D eigenvalue weighted by Gasteiger charge is 2.15. The van der Waals surface area contributed by atoms with Crippen LogP contribution in [0, 0.1) is 0 Å². The van der Waals surface area contributed by atoms with Gasteiger partial charge in [-0.1, -0.05) is 12.1 Å². The van der Waals surface area contributed by atoms with Crippen LogP contribution in [-0.4, -0.2) is 29.8 Å². The largest absolute Gasteiger partial charge is 0.495 e. The quantitative estimate of drug-likeness (QED) is 0.723. The summed E-state index contributed by atoms with van der Waals surface area (Å²) in [7, 11) is 2.97. The molecular weight excluding hydrogens is 390 g/mol. The molecule has 0 bridgehead atoms. The van der Waals surface area contributed by atoms with Crippen molar-refractivity contribution < 1.29 is 14.3 Å². The van der Waals surface area contributed by atoms with E-state index < -0.39 is 5.91 Å². The third-order valence-electron chi connectivity index (χ3n) is 3.60. The summed E-state index contributed by atoms with van der Waals surface area (Å²) in [4.78, 5) is 29.1. The van der Waals surface area contributed by atoms with Crippen molar-refractivity contribution in [1.29, 1.82) is 0 Å². The van der Waals surface area contributed by atoms with E-state index in [4.69, 9.17) is 9.47 Å². The zero-order valence-electron chi connectivity index (χ0n) is 13.4. The number of hydrogen-bond acceptors (Lipinski definition) is 5. The van der Waals surface area contributed by atoms with E-state index in [1.165, 1.54) is 20.5 Å². The fourth-order valence-electron chi connectivity index (χ4n) is 2.32. The average molecular weight is 404 g/mol. The van der Waals surface area contributed by atoms with E-state index in [-0.39, 0.29) is 11.1 Å². The number of carbonyl (C=O) groups excluding carboxylic acids is 1. The van der Waals surface area contributed by atoms with Crippen LogP contribution < -0.4 is 20.5 Å². The maximum Gasteiger partial charge on any atom is 0.280 e. The lowest BCUT2D eigenvalue weighted by molar-refractivity contribution is 0.101. The number of nitrogens with zero attached hydrogens (tertiary/aromatic N) is 2. The van der Waals surface area contributed by atoms with Crippen molar-refractivity contribution in [3.8, 4) is 11.5 Å². The molecule has 0 aliphatic carbocycles. The topological polar surface area (TPSA) is 82.5 Å². The molecule has 2 aromatic carbocycles.